The number of anilines is 1. The van der Waals surface area contributed by atoms with Crippen LogP contribution >= 0.6 is 15.9 Å². The zero-order valence-corrected chi connectivity index (χ0v) is 15.6. The van der Waals surface area contributed by atoms with Crippen LogP contribution < -0.4 is 10.1 Å². The number of halogens is 2. The van der Waals surface area contributed by atoms with E-state index < -0.39 is 0 Å². The highest BCUT2D eigenvalue weighted by atomic mass is 79.9. The zero-order valence-electron chi connectivity index (χ0n) is 14.0. The highest BCUT2D eigenvalue weighted by molar-refractivity contribution is 9.10. The molecule has 0 radical (unpaired) electrons. The summed E-state index contributed by atoms with van der Waals surface area (Å²) < 4.78 is 18.9. The summed E-state index contributed by atoms with van der Waals surface area (Å²) in [7, 11) is 0. The molecule has 1 heterocycles. The molecule has 0 aliphatic carbocycles. The Balaban J connectivity index is 1.55. The number of likely N-dealkylation sites (tertiary alicyclic amines) is 1. The minimum Gasteiger partial charge on any atom is -0.483 e. The first-order valence-electron chi connectivity index (χ1n) is 8.26. The largest absolute Gasteiger partial charge is 0.483 e. The fraction of sp³-hybridized carbons (Fsp3) is 0.263. The summed E-state index contributed by atoms with van der Waals surface area (Å²) in [6.45, 7) is 1.12. The molecule has 3 rings (SSSR count). The Morgan fingerprint density at radius 1 is 1.27 bits per heavy atom. The summed E-state index contributed by atoms with van der Waals surface area (Å²) in [5, 5.41) is 2.76. The second-order valence-electron chi connectivity index (χ2n) is 6.03. The maximum atomic E-state index is 13.1. The standard InChI is InChI=1S/C19H18BrFN2O3/c20-16-10-14(21)6-7-17(16)26-12-18(24)22-15-4-1-3-13(9-15)11-23-8-2-5-19(23)25/h1,3-4,6-7,9-10H,2,5,8,11-12H2,(H,22,24). The van der Waals surface area contributed by atoms with Gasteiger partial charge in [-0.2, -0.15) is 0 Å². The van der Waals surface area contributed by atoms with E-state index in [4.69, 9.17) is 4.74 Å². The van der Waals surface area contributed by atoms with Crippen LogP contribution in [0.2, 0.25) is 0 Å². The van der Waals surface area contributed by atoms with E-state index in [1.54, 1.807) is 6.07 Å². The molecule has 0 unspecified atom stereocenters. The number of amides is 2. The van der Waals surface area contributed by atoms with Crippen molar-refractivity contribution in [2.75, 3.05) is 18.5 Å². The third-order valence-electron chi connectivity index (χ3n) is 4.01. The van der Waals surface area contributed by atoms with Crippen LogP contribution in [0.15, 0.2) is 46.9 Å². The van der Waals surface area contributed by atoms with E-state index in [0.29, 0.717) is 28.9 Å². The van der Waals surface area contributed by atoms with Gasteiger partial charge in [-0.1, -0.05) is 12.1 Å². The third kappa shape index (κ3) is 4.82. The molecule has 5 nitrogen and oxygen atoms in total. The van der Waals surface area contributed by atoms with Crippen LogP contribution in [0.3, 0.4) is 0 Å². The van der Waals surface area contributed by atoms with Crippen LogP contribution in [-0.4, -0.2) is 29.9 Å². The van der Waals surface area contributed by atoms with Crippen molar-refractivity contribution in [1.82, 2.24) is 4.90 Å². The van der Waals surface area contributed by atoms with Gasteiger partial charge in [0.15, 0.2) is 6.61 Å². The smallest absolute Gasteiger partial charge is 0.262 e. The molecular formula is C19H18BrFN2O3. The topological polar surface area (TPSA) is 58.6 Å². The molecule has 2 aromatic carbocycles. The Morgan fingerprint density at radius 3 is 2.85 bits per heavy atom. The maximum Gasteiger partial charge on any atom is 0.262 e. The van der Waals surface area contributed by atoms with Crippen molar-refractivity contribution in [2.24, 2.45) is 0 Å². The molecule has 26 heavy (non-hydrogen) atoms. The monoisotopic (exact) mass is 420 g/mol. The van der Waals surface area contributed by atoms with Gasteiger partial charge >= 0.3 is 0 Å². The van der Waals surface area contributed by atoms with Gasteiger partial charge in [0, 0.05) is 25.2 Å². The van der Waals surface area contributed by atoms with Crippen LogP contribution in [0, 0.1) is 5.82 Å². The van der Waals surface area contributed by atoms with Gasteiger partial charge in [0.05, 0.1) is 4.47 Å². The van der Waals surface area contributed by atoms with Crippen molar-refractivity contribution < 1.29 is 18.7 Å². The van der Waals surface area contributed by atoms with E-state index in [9.17, 15) is 14.0 Å². The number of hydrogen-bond donors (Lipinski definition) is 1. The van der Waals surface area contributed by atoms with Crippen molar-refractivity contribution >= 4 is 33.4 Å². The zero-order chi connectivity index (χ0) is 18.5. The van der Waals surface area contributed by atoms with Crippen LogP contribution in [-0.2, 0) is 16.1 Å². The number of rotatable bonds is 6. The molecule has 1 aliphatic rings. The number of carbonyl (C=O) groups excluding carboxylic acids is 2. The quantitative estimate of drug-likeness (QED) is 0.774. The average Bonchev–Trinajstić information content (AvgIpc) is 2.99. The minimum atomic E-state index is -0.387. The molecule has 2 aromatic rings. The van der Waals surface area contributed by atoms with E-state index in [0.717, 1.165) is 18.5 Å². The van der Waals surface area contributed by atoms with Gasteiger partial charge in [0.1, 0.15) is 11.6 Å². The number of hydrogen-bond acceptors (Lipinski definition) is 3. The van der Waals surface area contributed by atoms with Crippen LogP contribution in [0.1, 0.15) is 18.4 Å². The molecule has 136 valence electrons. The van der Waals surface area contributed by atoms with Crippen molar-refractivity contribution in [3.8, 4) is 5.75 Å². The molecule has 0 spiro atoms. The van der Waals surface area contributed by atoms with E-state index in [1.165, 1.54) is 18.2 Å². The van der Waals surface area contributed by atoms with Gasteiger partial charge in [-0.3, -0.25) is 9.59 Å². The van der Waals surface area contributed by atoms with Crippen molar-refractivity contribution in [3.63, 3.8) is 0 Å². The van der Waals surface area contributed by atoms with Gasteiger partial charge in [0.25, 0.3) is 5.91 Å². The average molecular weight is 421 g/mol. The molecule has 1 fully saturated rings. The summed E-state index contributed by atoms with van der Waals surface area (Å²) in [6.07, 6.45) is 1.50. The first-order chi connectivity index (χ1) is 12.5. The van der Waals surface area contributed by atoms with Crippen molar-refractivity contribution in [3.05, 3.63) is 58.3 Å². The summed E-state index contributed by atoms with van der Waals surface area (Å²) in [5.74, 6) is -0.154. The summed E-state index contributed by atoms with van der Waals surface area (Å²) >= 11 is 3.19. The number of nitrogens with zero attached hydrogens (tertiary/aromatic N) is 1. The van der Waals surface area contributed by atoms with Crippen molar-refractivity contribution in [1.29, 1.82) is 0 Å². The fourth-order valence-electron chi connectivity index (χ4n) is 2.77. The predicted octanol–water partition coefficient (Wildman–Crippen LogP) is 3.73. The summed E-state index contributed by atoms with van der Waals surface area (Å²) in [4.78, 5) is 25.6. The van der Waals surface area contributed by atoms with Gasteiger partial charge in [-0.05, 0) is 58.2 Å². The molecule has 7 heteroatoms. The molecule has 0 bridgehead atoms. The lowest BCUT2D eigenvalue weighted by Crippen LogP contribution is -2.24. The molecule has 0 saturated carbocycles. The number of nitrogens with one attached hydrogen (secondary N) is 1. The second kappa shape index (κ2) is 8.31. The van der Waals surface area contributed by atoms with E-state index in [1.807, 2.05) is 23.1 Å². The number of ether oxygens (including phenoxy) is 1. The van der Waals surface area contributed by atoms with E-state index in [2.05, 4.69) is 21.2 Å². The highest BCUT2D eigenvalue weighted by Crippen LogP contribution is 2.25. The molecule has 1 N–H and O–H groups in total. The van der Waals surface area contributed by atoms with Crippen LogP contribution in [0.5, 0.6) is 5.75 Å². The minimum absolute atomic E-state index is 0.165. The highest BCUT2D eigenvalue weighted by Gasteiger charge is 2.20. The second-order valence-corrected chi connectivity index (χ2v) is 6.89. The van der Waals surface area contributed by atoms with E-state index >= 15 is 0 Å². The molecule has 1 aliphatic heterocycles. The first kappa shape index (κ1) is 18.4. The lowest BCUT2D eigenvalue weighted by Gasteiger charge is -2.16. The predicted molar refractivity (Wildman–Crippen MR) is 99.3 cm³/mol. The Kier molecular flexibility index (Phi) is 5.88. The SMILES string of the molecule is O=C(COc1ccc(F)cc1Br)Nc1cccc(CN2CCCC2=O)c1. The Labute approximate surface area is 159 Å². The lowest BCUT2D eigenvalue weighted by atomic mass is 10.2. The Bertz CT molecular complexity index is 828. The third-order valence-corrected chi connectivity index (χ3v) is 4.63. The molecule has 0 aromatic heterocycles. The van der Waals surface area contributed by atoms with Gasteiger partial charge in [0.2, 0.25) is 5.91 Å². The molecular weight excluding hydrogens is 403 g/mol. The molecule has 2 amide bonds. The number of carbonyl (C=O) groups is 2. The Morgan fingerprint density at radius 2 is 2.12 bits per heavy atom. The number of benzene rings is 2. The summed E-state index contributed by atoms with van der Waals surface area (Å²) in [6, 6.07) is 11.4. The van der Waals surface area contributed by atoms with Gasteiger partial charge in [-0.15, -0.1) is 0 Å². The first-order valence-corrected chi connectivity index (χ1v) is 9.05. The normalized spacial score (nSPS) is 13.8. The summed E-state index contributed by atoms with van der Waals surface area (Å²) in [5.41, 5.74) is 1.60. The van der Waals surface area contributed by atoms with Crippen LogP contribution in [0.4, 0.5) is 10.1 Å². The van der Waals surface area contributed by atoms with Gasteiger partial charge in [-0.25, -0.2) is 4.39 Å². The fourth-order valence-corrected chi connectivity index (χ4v) is 3.24. The van der Waals surface area contributed by atoms with E-state index in [-0.39, 0.29) is 24.2 Å². The maximum absolute atomic E-state index is 13.1. The van der Waals surface area contributed by atoms with Gasteiger partial charge < -0.3 is 15.0 Å². The Hall–Kier alpha value is -2.41. The molecule has 1 saturated heterocycles. The van der Waals surface area contributed by atoms with Crippen molar-refractivity contribution in [2.45, 2.75) is 19.4 Å². The molecule has 0 atom stereocenters. The lowest BCUT2D eigenvalue weighted by molar-refractivity contribution is -0.128. The van der Waals surface area contributed by atoms with Crippen LogP contribution in [0.25, 0.3) is 0 Å².